The maximum absolute atomic E-state index is 15.1. The van der Waals surface area contributed by atoms with Crippen molar-refractivity contribution in [2.24, 2.45) is 0 Å². The van der Waals surface area contributed by atoms with E-state index in [2.05, 4.69) is 5.32 Å². The number of nitrogens with one attached hydrogen (secondary N) is 1. The van der Waals surface area contributed by atoms with Gasteiger partial charge in [-0.1, -0.05) is 39.1 Å². The van der Waals surface area contributed by atoms with Gasteiger partial charge in [-0.05, 0) is 73.2 Å². The first-order chi connectivity index (χ1) is 35.2. The zero-order valence-electron chi connectivity index (χ0n) is 39.9. The van der Waals surface area contributed by atoms with Crippen LogP contribution in [0.3, 0.4) is 0 Å². The number of aliphatic carboxylic acids is 1. The van der Waals surface area contributed by atoms with Crippen LogP contribution in [0.4, 0.5) is 41.1 Å². The molecule has 400 valence electrons. The van der Waals surface area contributed by atoms with Gasteiger partial charge in [0.2, 0.25) is 5.91 Å². The lowest BCUT2D eigenvalue weighted by atomic mass is 10.1. The summed E-state index contributed by atoms with van der Waals surface area (Å²) in [7, 11) is 0. The molecule has 10 rings (SSSR count). The van der Waals surface area contributed by atoms with E-state index in [-0.39, 0.29) is 52.7 Å². The van der Waals surface area contributed by atoms with Gasteiger partial charge in [0.1, 0.15) is 23.8 Å². The molecule has 7 amide bonds. The van der Waals surface area contributed by atoms with E-state index in [1.807, 2.05) is 16.1 Å². The summed E-state index contributed by atoms with van der Waals surface area (Å²) in [5, 5.41) is 11.1. The van der Waals surface area contributed by atoms with Crippen molar-refractivity contribution in [1.82, 2.24) is 20.0 Å². The van der Waals surface area contributed by atoms with Crippen molar-refractivity contribution < 1.29 is 61.7 Å². The molecule has 2 atom stereocenters. The molecule has 2 N–H and O–H groups in total. The number of piperazine rings is 2. The Bertz CT molecular complexity index is 2740. The smallest absolute Gasteiger partial charge is 0.414 e. The van der Waals surface area contributed by atoms with Crippen LogP contribution in [0.1, 0.15) is 56.3 Å². The Labute approximate surface area is 442 Å². The van der Waals surface area contributed by atoms with E-state index in [4.69, 9.17) is 14.6 Å². The second-order valence-electron chi connectivity index (χ2n) is 17.4. The molecule has 19 nitrogen and oxygen atoms in total. The number of carboxylic acids is 1. The molecule has 6 aliphatic rings. The molecule has 23 heteroatoms. The van der Waals surface area contributed by atoms with Crippen molar-refractivity contribution in [3.63, 3.8) is 0 Å². The molecule has 4 fully saturated rings. The molecule has 4 aromatic carbocycles. The lowest BCUT2D eigenvalue weighted by molar-refractivity contribution is -0.134. The van der Waals surface area contributed by atoms with E-state index in [1.165, 1.54) is 45.5 Å². The Morgan fingerprint density at radius 3 is 1.32 bits per heavy atom. The van der Waals surface area contributed by atoms with Gasteiger partial charge in [0.25, 0.3) is 23.6 Å². The van der Waals surface area contributed by atoms with Gasteiger partial charge in [0.15, 0.2) is 0 Å². The fourth-order valence-corrected chi connectivity index (χ4v) is 9.83. The molecule has 0 spiro atoms. The number of carbonyl (C=O) groups excluding carboxylic acids is 7. The third-order valence-electron chi connectivity index (χ3n) is 12.7. The first-order valence-electron chi connectivity index (χ1n) is 23.3. The molecule has 75 heavy (non-hydrogen) atoms. The summed E-state index contributed by atoms with van der Waals surface area (Å²) in [6.45, 7) is 5.18. The van der Waals surface area contributed by atoms with Gasteiger partial charge < -0.3 is 34.6 Å². The summed E-state index contributed by atoms with van der Waals surface area (Å²) in [6.07, 6.45) is 0.933. The standard InChI is InChI=1S/C25H25FN4O5S.C22H21FN4O4.C3H6O2S.2CH4/c1-36-15-22(31)28-10-8-27(9-11-28)21-7-6-16(12-20(21)26)29-13-17(35-25(29)34)14-30-23(32)18-4-2-3-5-19(18)24(30)33;23-18-11-14(5-6-19(18)25-9-7-24-8-10-25)26-12-15(31-22(26)30)13-27-20(28)16-3-1-2-4-17(16)21(27)29;1-6-2-3(4)5;;/h2-7,12,17H,8-11,13-15H2,1H3;1-6,11,15,24H,7-10,12-13H2;2H2,1H3,(H,4,5);2*1H4/t17-;15-;;;/m11.../s1. The van der Waals surface area contributed by atoms with Crippen molar-refractivity contribution in [2.45, 2.75) is 27.1 Å². The van der Waals surface area contributed by atoms with Crippen LogP contribution >= 0.6 is 23.5 Å². The molecule has 0 aromatic heterocycles. The number of anilines is 4. The summed E-state index contributed by atoms with van der Waals surface area (Å²) in [4.78, 5) is 107. The number of halogens is 2. The predicted molar refractivity (Wildman–Crippen MR) is 283 cm³/mol. The summed E-state index contributed by atoms with van der Waals surface area (Å²) in [6, 6.07) is 22.4. The molecule has 6 heterocycles. The van der Waals surface area contributed by atoms with Gasteiger partial charge >= 0.3 is 18.2 Å². The van der Waals surface area contributed by atoms with Crippen LogP contribution in [-0.4, -0.2) is 182 Å². The number of cyclic esters (lactones) is 2. The van der Waals surface area contributed by atoms with Gasteiger partial charge in [-0.2, -0.15) is 23.5 Å². The third kappa shape index (κ3) is 12.7. The van der Waals surface area contributed by atoms with E-state index >= 15 is 4.39 Å². The second kappa shape index (κ2) is 25.3. The number of benzene rings is 4. The molecule has 6 aliphatic heterocycles. The van der Waals surface area contributed by atoms with E-state index in [0.717, 1.165) is 22.9 Å². The average molecular weight is 1080 g/mol. The molecule has 0 radical (unpaired) electrons. The number of nitrogens with zero attached hydrogens (tertiary/aromatic N) is 7. The summed E-state index contributed by atoms with van der Waals surface area (Å²) < 4.78 is 40.6. The topological polar surface area (TPSA) is 210 Å². The van der Waals surface area contributed by atoms with Crippen LogP contribution in [0, 0.1) is 11.6 Å². The lowest BCUT2D eigenvalue weighted by Gasteiger charge is -2.36. The van der Waals surface area contributed by atoms with E-state index in [0.29, 0.717) is 90.0 Å². The highest BCUT2D eigenvalue weighted by molar-refractivity contribution is 7.99. The maximum atomic E-state index is 15.1. The van der Waals surface area contributed by atoms with Crippen molar-refractivity contribution >= 4 is 94.0 Å². The van der Waals surface area contributed by atoms with Crippen LogP contribution < -0.4 is 24.9 Å². The normalized spacial score (nSPS) is 18.8. The first kappa shape index (κ1) is 57.0. The SMILES string of the molecule is C.C.CSCC(=O)N1CCN(c2ccc(N3C[C@H](CN4C(=O)c5ccccc5C4=O)OC3=O)cc2F)CC1.CSCC(=O)O.O=C1c2ccccc2C(=O)N1C[C@H]1CN(c2ccc(N3CCNCC3)c(F)c2)C(=O)O1. The summed E-state index contributed by atoms with van der Waals surface area (Å²) in [5.41, 5.74) is 2.97. The Morgan fingerprint density at radius 2 is 0.973 bits per heavy atom. The number of imide groups is 2. The third-order valence-corrected chi connectivity index (χ3v) is 13.8. The van der Waals surface area contributed by atoms with E-state index in [1.54, 1.807) is 84.0 Å². The highest BCUT2D eigenvalue weighted by Gasteiger charge is 2.43. The molecular weight excluding hydrogens is 1010 g/mol. The monoisotopic (exact) mass is 1070 g/mol. The fraction of sp³-hybridized carbons (Fsp3) is 0.385. The number of hydrogen-bond donors (Lipinski definition) is 2. The number of ether oxygens (including phenoxy) is 2. The van der Waals surface area contributed by atoms with Crippen LogP contribution in [0.25, 0.3) is 0 Å². The van der Waals surface area contributed by atoms with Crippen LogP contribution in [0.5, 0.6) is 0 Å². The Balaban J connectivity index is 0.000000216. The van der Waals surface area contributed by atoms with Gasteiger partial charge in [-0.3, -0.25) is 48.4 Å². The van der Waals surface area contributed by atoms with Gasteiger partial charge in [0.05, 0.1) is 82.7 Å². The van der Waals surface area contributed by atoms with Crippen molar-refractivity contribution in [3.05, 3.63) is 119 Å². The molecule has 0 bridgehead atoms. The number of carboxylic acid groups (broad SMARTS) is 1. The summed E-state index contributed by atoms with van der Waals surface area (Å²) >= 11 is 2.79. The Morgan fingerprint density at radius 1 is 0.587 bits per heavy atom. The Hall–Kier alpha value is -7.24. The zero-order chi connectivity index (χ0) is 51.9. The highest BCUT2D eigenvalue weighted by atomic mass is 32.2. The minimum absolute atomic E-state index is 0. The highest BCUT2D eigenvalue weighted by Crippen LogP contribution is 2.32. The van der Waals surface area contributed by atoms with Crippen LogP contribution in [-0.2, 0) is 19.1 Å². The van der Waals surface area contributed by atoms with E-state index in [9.17, 15) is 42.7 Å². The minimum atomic E-state index is -0.748. The number of rotatable bonds is 12. The van der Waals surface area contributed by atoms with Crippen LogP contribution in [0.2, 0.25) is 0 Å². The summed E-state index contributed by atoms with van der Waals surface area (Å²) in [5.74, 6) is -2.55. The minimum Gasteiger partial charge on any atom is -0.481 e. The predicted octanol–water partition coefficient (Wildman–Crippen LogP) is 6.02. The van der Waals surface area contributed by atoms with Gasteiger partial charge in [-0.15, -0.1) is 0 Å². The molecule has 4 saturated heterocycles. The zero-order valence-corrected chi connectivity index (χ0v) is 41.5. The maximum Gasteiger partial charge on any atom is 0.414 e. The molecule has 0 aliphatic carbocycles. The number of hydrogen-bond acceptors (Lipinski definition) is 15. The molecule has 0 saturated carbocycles. The van der Waals surface area contributed by atoms with Gasteiger partial charge in [0, 0.05) is 52.4 Å². The fourth-order valence-electron chi connectivity index (χ4n) is 9.15. The molecular formula is C52H60F2N8O11S2. The van der Waals surface area contributed by atoms with E-state index < -0.39 is 65.6 Å². The second-order valence-corrected chi connectivity index (χ2v) is 19.1. The average Bonchev–Trinajstić information content (AvgIpc) is 4.09. The van der Waals surface area contributed by atoms with Crippen molar-refractivity contribution in [2.75, 3.05) is 122 Å². The number of amides is 7. The lowest BCUT2D eigenvalue weighted by Crippen LogP contribution is -2.49. The molecule has 4 aromatic rings. The van der Waals surface area contributed by atoms with Crippen LogP contribution in [0.15, 0.2) is 84.9 Å². The largest absolute Gasteiger partial charge is 0.481 e. The van der Waals surface area contributed by atoms with Crippen molar-refractivity contribution in [3.8, 4) is 0 Å². The molecule has 0 unspecified atom stereocenters. The Kier molecular flexibility index (Phi) is 19.3. The number of fused-ring (bicyclic) bond motifs is 2. The quantitative estimate of drug-likeness (QED) is 0.155. The number of thioether (sulfide) groups is 2. The van der Waals surface area contributed by atoms with Crippen molar-refractivity contribution in [1.29, 1.82) is 0 Å². The van der Waals surface area contributed by atoms with Gasteiger partial charge in [-0.25, -0.2) is 18.4 Å². The first-order valence-corrected chi connectivity index (χ1v) is 26.1. The number of carbonyl (C=O) groups is 8.